The van der Waals surface area contributed by atoms with E-state index >= 15 is 0 Å². The zero-order valence-corrected chi connectivity index (χ0v) is 16.1. The molecular weight excluding hydrogens is 319 g/mol. The molecule has 0 radical (unpaired) electrons. The van der Waals surface area contributed by atoms with Gasteiger partial charge < -0.3 is 0 Å². The van der Waals surface area contributed by atoms with Crippen molar-refractivity contribution in [2.75, 3.05) is 0 Å². The van der Waals surface area contributed by atoms with E-state index in [1.54, 1.807) is 0 Å². The molecule has 0 aliphatic heterocycles. The SMILES string of the molecule is C=Cc1ccccc1.C=Cc1ccccc1.C=Cc1ccccc1.P. The van der Waals surface area contributed by atoms with Gasteiger partial charge in [-0.1, -0.05) is 129 Å². The normalized spacial score (nSPS) is 8.16. The van der Waals surface area contributed by atoms with Crippen molar-refractivity contribution in [1.29, 1.82) is 0 Å². The van der Waals surface area contributed by atoms with Crippen molar-refractivity contribution in [3.63, 3.8) is 0 Å². The van der Waals surface area contributed by atoms with Gasteiger partial charge in [0.2, 0.25) is 0 Å². The molecule has 1 unspecified atom stereocenters. The summed E-state index contributed by atoms with van der Waals surface area (Å²) in [5.41, 5.74) is 3.52. The largest absolute Gasteiger partial charge is 0.153 e. The molecule has 3 aromatic rings. The summed E-state index contributed by atoms with van der Waals surface area (Å²) < 4.78 is 0. The molecule has 3 aromatic carbocycles. The van der Waals surface area contributed by atoms with E-state index in [9.17, 15) is 0 Å². The van der Waals surface area contributed by atoms with Crippen LogP contribution in [0.15, 0.2) is 111 Å². The topological polar surface area (TPSA) is 0 Å². The van der Waals surface area contributed by atoms with Crippen LogP contribution in [-0.4, -0.2) is 0 Å². The molecule has 1 atom stereocenters. The monoisotopic (exact) mass is 346 g/mol. The van der Waals surface area contributed by atoms with Gasteiger partial charge in [-0.05, 0) is 16.7 Å². The van der Waals surface area contributed by atoms with Crippen LogP contribution in [0.25, 0.3) is 18.2 Å². The van der Waals surface area contributed by atoms with Gasteiger partial charge in [0.05, 0.1) is 0 Å². The molecule has 0 aromatic heterocycles. The van der Waals surface area contributed by atoms with Crippen molar-refractivity contribution in [3.8, 4) is 0 Å². The highest BCUT2D eigenvalue weighted by Gasteiger charge is 1.77. The smallest absolute Gasteiger partial charge is 0.0263 e. The van der Waals surface area contributed by atoms with Crippen LogP contribution in [0.3, 0.4) is 0 Å². The second-order valence-electron chi connectivity index (χ2n) is 4.84. The summed E-state index contributed by atoms with van der Waals surface area (Å²) in [6, 6.07) is 30.1. The molecule has 25 heavy (non-hydrogen) atoms. The maximum atomic E-state index is 3.63. The first-order valence-corrected chi connectivity index (χ1v) is 7.82. The van der Waals surface area contributed by atoms with Gasteiger partial charge in [0.1, 0.15) is 0 Å². The van der Waals surface area contributed by atoms with E-state index in [4.69, 9.17) is 0 Å². The zero-order chi connectivity index (χ0) is 17.5. The lowest BCUT2D eigenvalue weighted by atomic mass is 10.2. The predicted molar refractivity (Wildman–Crippen MR) is 121 cm³/mol. The summed E-state index contributed by atoms with van der Waals surface area (Å²) in [7, 11) is 0. The van der Waals surface area contributed by atoms with Crippen LogP contribution < -0.4 is 0 Å². The average Bonchev–Trinajstić information content (AvgIpc) is 2.71. The third kappa shape index (κ3) is 10.7. The van der Waals surface area contributed by atoms with Gasteiger partial charge in [0.25, 0.3) is 0 Å². The first-order chi connectivity index (χ1) is 11.8. The summed E-state index contributed by atoms with van der Waals surface area (Å²) in [5.74, 6) is 0. The van der Waals surface area contributed by atoms with Crippen molar-refractivity contribution in [3.05, 3.63) is 127 Å². The summed E-state index contributed by atoms with van der Waals surface area (Å²) in [6.45, 7) is 10.9. The molecule has 0 bridgehead atoms. The minimum Gasteiger partial charge on any atom is -0.153 e. The first kappa shape index (κ1) is 22.3. The predicted octanol–water partition coefficient (Wildman–Crippen LogP) is 7.05. The molecular formula is C24H27P. The van der Waals surface area contributed by atoms with E-state index in [0.29, 0.717) is 0 Å². The molecule has 0 amide bonds. The van der Waals surface area contributed by atoms with Crippen LogP contribution in [0, 0.1) is 0 Å². The van der Waals surface area contributed by atoms with E-state index in [-0.39, 0.29) is 9.90 Å². The fourth-order valence-electron chi connectivity index (χ4n) is 1.77. The van der Waals surface area contributed by atoms with E-state index in [1.165, 1.54) is 16.7 Å². The minimum atomic E-state index is 0. The van der Waals surface area contributed by atoms with Crippen molar-refractivity contribution < 1.29 is 0 Å². The van der Waals surface area contributed by atoms with Gasteiger partial charge in [-0.2, -0.15) is 9.90 Å². The number of benzene rings is 3. The van der Waals surface area contributed by atoms with Gasteiger partial charge in [0.15, 0.2) is 0 Å². The Kier molecular flexibility index (Phi) is 13.3. The zero-order valence-electron chi connectivity index (χ0n) is 14.7. The van der Waals surface area contributed by atoms with Crippen molar-refractivity contribution in [2.45, 2.75) is 0 Å². The van der Waals surface area contributed by atoms with Crippen molar-refractivity contribution >= 4 is 28.1 Å². The lowest BCUT2D eigenvalue weighted by Gasteiger charge is -1.85. The molecule has 0 fully saturated rings. The molecule has 0 N–H and O–H groups in total. The quantitative estimate of drug-likeness (QED) is 0.446. The Morgan fingerprint density at radius 3 is 0.720 bits per heavy atom. The van der Waals surface area contributed by atoms with Crippen LogP contribution in [-0.2, 0) is 0 Å². The number of hydrogen-bond acceptors (Lipinski definition) is 0. The first-order valence-electron chi connectivity index (χ1n) is 7.82. The standard InChI is InChI=1S/3C8H8.H3P/c3*1-2-8-6-4-3-5-7-8;/h3*2-7H,1H2;1H3. The maximum Gasteiger partial charge on any atom is -0.0263 e. The van der Waals surface area contributed by atoms with Gasteiger partial charge >= 0.3 is 0 Å². The van der Waals surface area contributed by atoms with Crippen LogP contribution in [0.4, 0.5) is 0 Å². The third-order valence-corrected chi connectivity index (χ3v) is 3.11. The summed E-state index contributed by atoms with van der Waals surface area (Å²) in [6.07, 6.45) is 5.50. The molecule has 0 heterocycles. The highest BCUT2D eigenvalue weighted by atomic mass is 31.0. The second-order valence-corrected chi connectivity index (χ2v) is 4.84. The van der Waals surface area contributed by atoms with Crippen LogP contribution in [0.5, 0.6) is 0 Å². The highest BCUT2D eigenvalue weighted by molar-refractivity contribution is 6.92. The molecule has 0 spiro atoms. The van der Waals surface area contributed by atoms with Crippen LogP contribution in [0.2, 0.25) is 0 Å². The van der Waals surface area contributed by atoms with Gasteiger partial charge in [-0.15, -0.1) is 0 Å². The van der Waals surface area contributed by atoms with Gasteiger partial charge in [-0.3, -0.25) is 0 Å². The van der Waals surface area contributed by atoms with Gasteiger partial charge in [-0.25, -0.2) is 0 Å². The van der Waals surface area contributed by atoms with Crippen LogP contribution in [0.1, 0.15) is 16.7 Å². The van der Waals surface area contributed by atoms with E-state index in [1.807, 2.05) is 109 Å². The lowest BCUT2D eigenvalue weighted by molar-refractivity contribution is 1.67. The summed E-state index contributed by atoms with van der Waals surface area (Å²) in [4.78, 5) is 0. The Morgan fingerprint density at radius 1 is 0.400 bits per heavy atom. The molecule has 128 valence electrons. The van der Waals surface area contributed by atoms with E-state index < -0.39 is 0 Å². The number of hydrogen-bond donors (Lipinski definition) is 0. The summed E-state index contributed by atoms with van der Waals surface area (Å²) >= 11 is 0. The third-order valence-electron chi connectivity index (χ3n) is 3.11. The molecule has 3 rings (SSSR count). The van der Waals surface area contributed by atoms with Gasteiger partial charge in [0, 0.05) is 0 Å². The summed E-state index contributed by atoms with van der Waals surface area (Å²) in [5, 5.41) is 0. The molecule has 0 aliphatic rings. The number of rotatable bonds is 3. The molecule has 0 saturated heterocycles. The molecule has 0 aliphatic carbocycles. The van der Waals surface area contributed by atoms with E-state index in [0.717, 1.165) is 0 Å². The Bertz CT molecular complexity index is 597. The Balaban J connectivity index is 0.000000339. The Labute approximate surface area is 155 Å². The Hall–Kier alpha value is -2.69. The molecule has 1 heteroatoms. The van der Waals surface area contributed by atoms with E-state index in [2.05, 4.69) is 19.7 Å². The van der Waals surface area contributed by atoms with Crippen LogP contribution >= 0.6 is 9.90 Å². The van der Waals surface area contributed by atoms with Crippen molar-refractivity contribution in [2.24, 2.45) is 0 Å². The molecule has 0 saturated carbocycles. The molecule has 0 nitrogen and oxygen atoms in total. The maximum absolute atomic E-state index is 3.63. The Morgan fingerprint density at radius 2 is 0.600 bits per heavy atom. The lowest BCUT2D eigenvalue weighted by Crippen LogP contribution is -1.63. The fraction of sp³-hybridized carbons (Fsp3) is 0. The minimum absolute atomic E-state index is 0. The second kappa shape index (κ2) is 14.9. The average molecular weight is 346 g/mol. The fourth-order valence-corrected chi connectivity index (χ4v) is 1.77. The van der Waals surface area contributed by atoms with Crippen molar-refractivity contribution in [1.82, 2.24) is 0 Å². The highest BCUT2D eigenvalue weighted by Crippen LogP contribution is 1.98.